The van der Waals surface area contributed by atoms with Crippen molar-refractivity contribution >= 4 is 25.0 Å². The van der Waals surface area contributed by atoms with Crippen LogP contribution in [0.15, 0.2) is 42.1 Å². The van der Waals surface area contributed by atoms with E-state index in [1.165, 1.54) is 25.2 Å². The molecule has 2 fully saturated rings. The molecule has 2 heterocycles. The van der Waals surface area contributed by atoms with Crippen molar-refractivity contribution in [2.75, 3.05) is 25.0 Å². The van der Waals surface area contributed by atoms with Crippen LogP contribution in [0.5, 0.6) is 11.5 Å². The zero-order chi connectivity index (χ0) is 34.4. The number of halogens is 6. The Morgan fingerprint density at radius 3 is 2.20 bits per heavy atom. The number of para-hydroxylation sites is 1. The first kappa shape index (κ1) is 35.5. The lowest BCUT2D eigenvalue weighted by Crippen LogP contribution is -2.54. The molecule has 2 aromatic rings. The number of hydrogen-bond acceptors (Lipinski definition) is 6. The fraction of sp³-hybridized carbons (Fsp3) is 0.531. The Morgan fingerprint density at radius 1 is 1.04 bits per heavy atom. The molecule has 2 aromatic carbocycles. The van der Waals surface area contributed by atoms with Gasteiger partial charge in [-0.05, 0) is 85.2 Å². The second-order valence-electron chi connectivity index (χ2n) is 13.4. The number of ether oxygens (including phenoxy) is 2. The minimum Gasteiger partial charge on any atom is -0.454 e. The predicted octanol–water partition coefficient (Wildman–Crippen LogP) is 8.36. The Bertz CT molecular complexity index is 1460. The topological polar surface area (TPSA) is 60.5 Å². The molecule has 1 amide bonds. The summed E-state index contributed by atoms with van der Waals surface area (Å²) in [4.78, 5) is 14.8. The molecule has 46 heavy (non-hydrogen) atoms. The normalized spacial score (nSPS) is 21.7. The molecule has 4 rings (SSSR count). The van der Waals surface area contributed by atoms with Crippen LogP contribution in [0.1, 0.15) is 66.0 Å². The zero-order valence-corrected chi connectivity index (χ0v) is 27.1. The molecular formula is C32H39BF6N2O5. The molecule has 0 aliphatic carbocycles. The third kappa shape index (κ3) is 7.59. The Kier molecular flexibility index (Phi) is 9.77. The van der Waals surface area contributed by atoms with E-state index < -0.39 is 89.2 Å². The molecule has 0 unspecified atom stereocenters. The molecule has 252 valence electrons. The molecular weight excluding hydrogens is 617 g/mol. The van der Waals surface area contributed by atoms with Gasteiger partial charge in [0.05, 0.1) is 29.5 Å². The standard InChI is InChI=1S/C32H39BF6N2O5/c1-29(2,3)44-28(42)41-16-15-22(21(35)18-41)40(8)27-19(17-25(36)33-45-30(4,5)31(6,7)46-33)13-14-24(26(27)32(37,38)39)43-23-12-10-9-11-20(23)34/h9-14,17,21-22H,15-16,18H2,1-8H3/b25-17-/t21-,22+/m1/s1. The van der Waals surface area contributed by atoms with E-state index in [1.54, 1.807) is 48.5 Å². The number of rotatable bonds is 6. The SMILES string of the molecule is CN(c1c(/C=C(\F)B2OC(C)(C)C(C)(C)O2)ccc(Oc2ccccc2F)c1C(F)(F)F)[C@H]1CCN(C(=O)OC(C)(C)C)C[C@H]1F. The molecule has 2 atom stereocenters. The van der Waals surface area contributed by atoms with Gasteiger partial charge in [-0.3, -0.25) is 0 Å². The first-order chi connectivity index (χ1) is 21.1. The highest BCUT2D eigenvalue weighted by Crippen LogP contribution is 2.48. The number of alkyl halides is 4. The highest BCUT2D eigenvalue weighted by molar-refractivity contribution is 6.54. The Labute approximate surface area is 265 Å². The van der Waals surface area contributed by atoms with Crippen LogP contribution in [0.2, 0.25) is 0 Å². The largest absolute Gasteiger partial charge is 0.525 e. The molecule has 0 radical (unpaired) electrons. The summed E-state index contributed by atoms with van der Waals surface area (Å²) in [5.74, 6) is -2.14. The number of hydrogen-bond donors (Lipinski definition) is 0. The summed E-state index contributed by atoms with van der Waals surface area (Å²) in [7, 11) is -0.264. The molecule has 2 aliphatic heterocycles. The summed E-state index contributed by atoms with van der Waals surface area (Å²) in [6, 6.07) is 5.88. The number of nitrogens with zero attached hydrogens (tertiary/aromatic N) is 2. The fourth-order valence-electron chi connectivity index (χ4n) is 5.25. The predicted molar refractivity (Wildman–Crippen MR) is 163 cm³/mol. The van der Waals surface area contributed by atoms with Crippen molar-refractivity contribution in [2.24, 2.45) is 0 Å². The van der Waals surface area contributed by atoms with E-state index in [4.69, 9.17) is 18.8 Å². The van der Waals surface area contributed by atoms with Gasteiger partial charge in [-0.15, -0.1) is 0 Å². The van der Waals surface area contributed by atoms with Crippen molar-refractivity contribution in [3.05, 3.63) is 59.1 Å². The highest BCUT2D eigenvalue weighted by atomic mass is 19.4. The van der Waals surface area contributed by atoms with Crippen LogP contribution in [0.4, 0.5) is 36.8 Å². The van der Waals surface area contributed by atoms with Gasteiger partial charge in [0.2, 0.25) is 0 Å². The van der Waals surface area contributed by atoms with Crippen LogP contribution >= 0.6 is 0 Å². The van der Waals surface area contributed by atoms with Gasteiger partial charge in [0.25, 0.3) is 0 Å². The van der Waals surface area contributed by atoms with Crippen LogP contribution in [-0.4, -0.2) is 67.3 Å². The summed E-state index contributed by atoms with van der Waals surface area (Å²) >= 11 is 0. The van der Waals surface area contributed by atoms with E-state index in [-0.39, 0.29) is 18.5 Å². The van der Waals surface area contributed by atoms with Crippen molar-refractivity contribution in [3.8, 4) is 11.5 Å². The lowest BCUT2D eigenvalue weighted by Gasteiger charge is -2.41. The van der Waals surface area contributed by atoms with Crippen LogP contribution in [0.3, 0.4) is 0 Å². The average Bonchev–Trinajstić information content (AvgIpc) is 3.15. The summed E-state index contributed by atoms with van der Waals surface area (Å²) in [5, 5.41) is 0. The van der Waals surface area contributed by atoms with Crippen LogP contribution in [0, 0.1) is 5.82 Å². The Balaban J connectivity index is 1.80. The third-order valence-corrected chi connectivity index (χ3v) is 8.29. The molecule has 2 aliphatic rings. The summed E-state index contributed by atoms with van der Waals surface area (Å²) in [6.07, 6.45) is -6.90. The molecule has 2 saturated heterocycles. The molecule has 14 heteroatoms. The molecule has 0 spiro atoms. The number of likely N-dealkylation sites (tertiary alicyclic amines) is 1. The highest BCUT2D eigenvalue weighted by Gasteiger charge is 2.53. The Hall–Kier alpha value is -3.39. The second-order valence-corrected chi connectivity index (χ2v) is 13.4. The number of benzene rings is 2. The first-order valence-corrected chi connectivity index (χ1v) is 14.9. The van der Waals surface area contributed by atoms with Crippen molar-refractivity contribution < 1.29 is 49.9 Å². The average molecular weight is 656 g/mol. The maximum atomic E-state index is 15.8. The van der Waals surface area contributed by atoms with Gasteiger partial charge in [0, 0.05) is 19.2 Å². The number of amides is 1. The van der Waals surface area contributed by atoms with Gasteiger partial charge in [-0.25, -0.2) is 18.0 Å². The van der Waals surface area contributed by atoms with Crippen molar-refractivity contribution in [1.82, 2.24) is 4.90 Å². The van der Waals surface area contributed by atoms with Crippen molar-refractivity contribution in [1.29, 1.82) is 0 Å². The number of anilines is 1. The monoisotopic (exact) mass is 656 g/mol. The van der Waals surface area contributed by atoms with E-state index in [2.05, 4.69) is 0 Å². The van der Waals surface area contributed by atoms with Crippen LogP contribution in [-0.2, 0) is 20.2 Å². The lowest BCUT2D eigenvalue weighted by atomic mass is 9.86. The molecule has 0 aromatic heterocycles. The second kappa shape index (κ2) is 12.7. The third-order valence-electron chi connectivity index (χ3n) is 8.29. The molecule has 0 bridgehead atoms. The maximum Gasteiger partial charge on any atom is 0.525 e. The van der Waals surface area contributed by atoms with Crippen LogP contribution < -0.4 is 9.64 Å². The minimum absolute atomic E-state index is 0.00936. The number of carbonyl (C=O) groups excluding carboxylic acids is 1. The zero-order valence-electron chi connectivity index (χ0n) is 27.1. The van der Waals surface area contributed by atoms with E-state index in [0.717, 1.165) is 34.1 Å². The quantitative estimate of drug-likeness (QED) is 0.230. The summed E-state index contributed by atoms with van der Waals surface area (Å²) < 4.78 is 113. The minimum atomic E-state index is -5.11. The van der Waals surface area contributed by atoms with E-state index in [9.17, 15) is 22.4 Å². The van der Waals surface area contributed by atoms with Gasteiger partial charge < -0.3 is 28.6 Å². The van der Waals surface area contributed by atoms with Gasteiger partial charge in [-0.1, -0.05) is 12.1 Å². The lowest BCUT2D eigenvalue weighted by molar-refractivity contribution is -0.138. The van der Waals surface area contributed by atoms with E-state index >= 15 is 8.78 Å². The number of carbonyl (C=O) groups is 1. The molecule has 0 saturated carbocycles. The van der Waals surface area contributed by atoms with Gasteiger partial charge in [0.15, 0.2) is 11.6 Å². The van der Waals surface area contributed by atoms with E-state index in [1.807, 2.05) is 0 Å². The van der Waals surface area contributed by atoms with E-state index in [0.29, 0.717) is 0 Å². The smallest absolute Gasteiger partial charge is 0.454 e. The Morgan fingerprint density at radius 2 is 1.65 bits per heavy atom. The van der Waals surface area contributed by atoms with Gasteiger partial charge in [0.1, 0.15) is 28.8 Å². The molecule has 0 N–H and O–H groups in total. The molecule has 7 nitrogen and oxygen atoms in total. The fourth-order valence-corrected chi connectivity index (χ4v) is 5.25. The summed E-state index contributed by atoms with van der Waals surface area (Å²) in [6.45, 7) is 11.3. The van der Waals surface area contributed by atoms with Gasteiger partial charge >= 0.3 is 19.4 Å². The van der Waals surface area contributed by atoms with Crippen molar-refractivity contribution in [3.63, 3.8) is 0 Å². The van der Waals surface area contributed by atoms with Gasteiger partial charge in [-0.2, -0.15) is 13.2 Å². The van der Waals surface area contributed by atoms with Crippen LogP contribution in [0.25, 0.3) is 6.08 Å². The maximum absolute atomic E-state index is 15.8. The van der Waals surface area contributed by atoms with Crippen molar-refractivity contribution in [2.45, 2.75) is 90.1 Å². The summed E-state index contributed by atoms with van der Waals surface area (Å²) in [5.41, 5.74) is -5.95. The first-order valence-electron chi connectivity index (χ1n) is 14.9. The number of piperidine rings is 1.